The van der Waals surface area contributed by atoms with Gasteiger partial charge in [-0.25, -0.2) is 0 Å². The maximum atomic E-state index is 11.8. The summed E-state index contributed by atoms with van der Waals surface area (Å²) in [6.45, 7) is 8.00. The fourth-order valence-corrected chi connectivity index (χ4v) is 17.6. The van der Waals surface area contributed by atoms with Gasteiger partial charge in [0.1, 0.15) is 11.6 Å². The highest BCUT2D eigenvalue weighted by atomic mass is 16.6. The Morgan fingerprint density at radius 2 is 0.446 bits per heavy atom. The lowest BCUT2D eigenvalue weighted by Crippen LogP contribution is -2.37. The second-order valence-electron chi connectivity index (χ2n) is 24.6. The average Bonchev–Trinajstić information content (AvgIpc) is 2.42. The Hall–Kier alpha value is -6.68. The van der Waals surface area contributed by atoms with Crippen LogP contribution in [0.5, 0.6) is 0 Å². The van der Waals surface area contributed by atoms with Gasteiger partial charge in [-0.1, -0.05) is 53.4 Å². The molecule has 7 aliphatic heterocycles. The number of carbonyl (C=O) groups is 16. The van der Waals surface area contributed by atoms with Crippen molar-refractivity contribution in [3.05, 3.63) is 0 Å². The van der Waals surface area contributed by atoms with Crippen LogP contribution < -0.4 is 0 Å². The van der Waals surface area contributed by atoms with Gasteiger partial charge in [-0.05, 0) is 119 Å². The zero-order valence-electron chi connectivity index (χ0n) is 46.8. The summed E-state index contributed by atoms with van der Waals surface area (Å²) in [6, 6.07) is 0. The first-order valence-electron chi connectivity index (χ1n) is 30.1. The van der Waals surface area contributed by atoms with Gasteiger partial charge in [-0.3, -0.25) is 76.7 Å². The zero-order chi connectivity index (χ0) is 59.6. The number of hydrogen-bond acceptors (Lipinski definition) is 23. The Kier molecular flexibility index (Phi) is 17.0. The first-order valence-corrected chi connectivity index (χ1v) is 30.1. The van der Waals surface area contributed by atoms with Gasteiger partial charge in [-0.2, -0.15) is 0 Å². The normalized spacial score (nSPS) is 42.7. The van der Waals surface area contributed by atoms with Crippen molar-refractivity contribution in [2.24, 2.45) is 130 Å². The van der Waals surface area contributed by atoms with E-state index < -0.39 is 71.3 Å². The molecule has 17 rings (SSSR count). The highest BCUT2D eigenvalue weighted by Crippen LogP contribution is 2.64. The van der Waals surface area contributed by atoms with Crippen LogP contribution in [-0.4, -0.2) is 95.1 Å². The summed E-state index contributed by atoms with van der Waals surface area (Å²) >= 11 is 0. The number of fused-ring (bicyclic) bond motifs is 22. The predicted octanol–water partition coefficient (Wildman–Crippen LogP) is 4.41. The van der Waals surface area contributed by atoms with Crippen LogP contribution in [0.1, 0.15) is 143 Å². The van der Waals surface area contributed by atoms with Crippen molar-refractivity contribution in [2.75, 3.05) is 0 Å². The molecule has 10 saturated carbocycles. The van der Waals surface area contributed by atoms with E-state index in [0.29, 0.717) is 30.1 Å². The Labute approximate surface area is 477 Å². The van der Waals surface area contributed by atoms with Crippen molar-refractivity contribution in [1.29, 1.82) is 0 Å². The molecule has 448 valence electrons. The number of carbonyl (C=O) groups excluding carboxylic acids is 16. The summed E-state index contributed by atoms with van der Waals surface area (Å²) in [5.74, 6) is -8.49. The van der Waals surface area contributed by atoms with Crippen LogP contribution in [-0.2, 0) is 110 Å². The fourth-order valence-electron chi connectivity index (χ4n) is 17.6. The Morgan fingerprint density at radius 3 is 0.699 bits per heavy atom. The molecule has 0 radical (unpaired) electrons. The number of Topliss-reactive ketones (excluding diaryl/α,β-unsaturated/α-hetero) is 2. The fraction of sp³-hybridized carbons (Fsp3) is 0.733. The minimum atomic E-state index is -0.583. The van der Waals surface area contributed by atoms with E-state index in [1.54, 1.807) is 0 Å². The number of ketones is 2. The molecule has 7 heterocycles. The van der Waals surface area contributed by atoms with Crippen LogP contribution in [0, 0.1) is 130 Å². The molecule has 0 amide bonds. The van der Waals surface area contributed by atoms with E-state index in [2.05, 4.69) is 33.2 Å². The van der Waals surface area contributed by atoms with E-state index in [1.165, 1.54) is 0 Å². The second kappa shape index (κ2) is 23.8. The smallest absolute Gasteiger partial charge is 0.317 e. The number of cyclic esters (lactones) is 14. The molecule has 10 aliphatic carbocycles. The standard InChI is InChI=1S/C12H10O5.C10H8O6.2C9H10O3.2C8H10O3.2C2H6/c13-5-2-6(14)8-4-1-3(7(5)8)9-10(4)12(16)17-11(9)15;11-7-3-1-4-6(10(14)16-8(4)12)2-5(3)9(13)15-7;2*10-8-6-4-1-2-5(3-4)7(6)9(11)12-8;2*9-7-5-3-1-2-4-6(5)8(10)11-7;2*1-2/h3-4,7-10H,1-2H2;3-6H,1-2H2;2*4-7H,1-3H2;2*5-6H,1-4H2;2*1-2H3. The molecule has 23 nitrogen and oxygen atoms in total. The second-order valence-corrected chi connectivity index (χ2v) is 24.6. The predicted molar refractivity (Wildman–Crippen MR) is 270 cm³/mol. The minimum absolute atomic E-state index is 0.00892. The molecule has 22 unspecified atom stereocenters. The lowest BCUT2D eigenvalue weighted by Gasteiger charge is -2.28. The molecule has 0 spiro atoms. The zero-order valence-corrected chi connectivity index (χ0v) is 46.8. The van der Waals surface area contributed by atoms with Gasteiger partial charge in [-0.15, -0.1) is 0 Å². The van der Waals surface area contributed by atoms with Crippen LogP contribution in [0.4, 0.5) is 0 Å². The molecule has 0 aromatic carbocycles. The molecule has 7 saturated heterocycles. The Bertz CT molecular complexity index is 2470. The van der Waals surface area contributed by atoms with Crippen molar-refractivity contribution in [1.82, 2.24) is 0 Å². The number of ether oxygens (including phenoxy) is 7. The summed E-state index contributed by atoms with van der Waals surface area (Å²) in [6.07, 6.45) is 15.3. The van der Waals surface area contributed by atoms with Gasteiger partial charge >= 0.3 is 83.6 Å². The molecule has 0 aromatic rings. The molecule has 83 heavy (non-hydrogen) atoms. The van der Waals surface area contributed by atoms with Crippen LogP contribution in [0.3, 0.4) is 0 Å². The third-order valence-corrected chi connectivity index (χ3v) is 21.1. The van der Waals surface area contributed by atoms with E-state index in [9.17, 15) is 76.7 Å². The molecular formula is C60H70O23. The molecule has 17 fully saturated rings. The topological polar surface area (TPSA) is 338 Å². The van der Waals surface area contributed by atoms with Crippen molar-refractivity contribution in [3.63, 3.8) is 0 Å². The van der Waals surface area contributed by atoms with Crippen molar-refractivity contribution < 1.29 is 110 Å². The van der Waals surface area contributed by atoms with Gasteiger partial charge in [0.15, 0.2) is 0 Å². The van der Waals surface area contributed by atoms with Crippen LogP contribution in [0.15, 0.2) is 0 Å². The van der Waals surface area contributed by atoms with Gasteiger partial charge in [0.25, 0.3) is 0 Å². The van der Waals surface area contributed by atoms with E-state index in [0.717, 1.165) is 89.9 Å². The maximum absolute atomic E-state index is 11.8. The molecule has 0 N–H and O–H groups in total. The average molecular weight is 1160 g/mol. The van der Waals surface area contributed by atoms with E-state index >= 15 is 0 Å². The van der Waals surface area contributed by atoms with Crippen LogP contribution in [0.2, 0.25) is 0 Å². The molecule has 6 bridgehead atoms. The van der Waals surface area contributed by atoms with Crippen molar-refractivity contribution in [2.45, 2.75) is 143 Å². The lowest BCUT2D eigenvalue weighted by atomic mass is 9.70. The summed E-state index contributed by atoms with van der Waals surface area (Å²) < 4.78 is 32.0. The molecule has 0 aromatic heterocycles. The minimum Gasteiger partial charge on any atom is -0.393 e. The number of esters is 14. The van der Waals surface area contributed by atoms with Gasteiger partial charge in [0.05, 0.1) is 89.3 Å². The largest absolute Gasteiger partial charge is 0.393 e. The molecular weight excluding hydrogens is 1090 g/mol. The first-order chi connectivity index (χ1) is 39.8. The van der Waals surface area contributed by atoms with E-state index in [1.807, 2.05) is 27.7 Å². The number of rotatable bonds is 0. The maximum Gasteiger partial charge on any atom is 0.317 e. The quantitative estimate of drug-likeness (QED) is 0.184. The molecule has 22 atom stereocenters. The highest BCUT2D eigenvalue weighted by molar-refractivity contribution is 6.11. The van der Waals surface area contributed by atoms with Crippen molar-refractivity contribution >= 4 is 95.1 Å². The Balaban J connectivity index is 0.000000111. The summed E-state index contributed by atoms with van der Waals surface area (Å²) in [5.41, 5.74) is 0. The van der Waals surface area contributed by atoms with Gasteiger partial charge < -0.3 is 33.2 Å². The van der Waals surface area contributed by atoms with Gasteiger partial charge in [0.2, 0.25) is 0 Å². The van der Waals surface area contributed by atoms with Crippen molar-refractivity contribution in [3.8, 4) is 0 Å². The van der Waals surface area contributed by atoms with E-state index in [-0.39, 0.29) is 150 Å². The summed E-state index contributed by atoms with van der Waals surface area (Å²) in [7, 11) is 0. The molecule has 17 aliphatic rings. The summed E-state index contributed by atoms with van der Waals surface area (Å²) in [5, 5.41) is 0. The lowest BCUT2D eigenvalue weighted by molar-refractivity contribution is -0.157. The number of hydrogen-bond donors (Lipinski definition) is 0. The first kappa shape index (κ1) is 59.5. The van der Waals surface area contributed by atoms with Crippen LogP contribution in [0.25, 0.3) is 0 Å². The van der Waals surface area contributed by atoms with E-state index in [4.69, 9.17) is 0 Å². The SMILES string of the molecule is CC.CC.O=C1CC(=O)C2C3CC(C12)C1C(=O)OC(=O)C31.O=C1OC(=O)C2C3CCC(C3)C12.O=C1OC(=O)C2C3CCC(C3)C12.O=C1OC(=O)C2CC3C(=O)OC(=O)C3CC12.O=C1OC(=O)C2CCCCC12.O=C1OC(=O)C2CCCCC12. The highest BCUT2D eigenvalue weighted by Gasteiger charge is 2.71. The Morgan fingerprint density at radius 1 is 0.229 bits per heavy atom. The third-order valence-electron chi connectivity index (χ3n) is 21.1. The van der Waals surface area contributed by atoms with Gasteiger partial charge in [0, 0.05) is 11.8 Å². The third kappa shape index (κ3) is 10.4. The monoisotopic (exact) mass is 1160 g/mol. The van der Waals surface area contributed by atoms with Crippen LogP contribution >= 0.6 is 0 Å². The summed E-state index contributed by atoms with van der Waals surface area (Å²) in [4.78, 5) is 181. The molecule has 23 heteroatoms.